The molecule has 2 aromatic rings. The number of hydrogen-bond acceptors (Lipinski definition) is 3. The van der Waals surface area contributed by atoms with E-state index in [-0.39, 0.29) is 12.4 Å². The van der Waals surface area contributed by atoms with E-state index in [1.807, 2.05) is 31.9 Å². The summed E-state index contributed by atoms with van der Waals surface area (Å²) >= 11 is 3.44. The third-order valence-corrected chi connectivity index (χ3v) is 4.32. The Labute approximate surface area is 155 Å². The molecule has 0 bridgehead atoms. The lowest BCUT2D eigenvalue weighted by Gasteiger charge is -2.11. The highest BCUT2D eigenvalue weighted by Crippen LogP contribution is 2.29. The summed E-state index contributed by atoms with van der Waals surface area (Å²) in [6, 6.07) is 9.40. The number of halogens is 2. The molecular weight excluding hydrogens is 387 g/mol. The fourth-order valence-electron chi connectivity index (χ4n) is 2.03. The van der Waals surface area contributed by atoms with Crippen molar-refractivity contribution in [2.75, 3.05) is 13.6 Å². The molecule has 2 rings (SSSR count). The summed E-state index contributed by atoms with van der Waals surface area (Å²) < 4.78 is 18.9. The SMILES string of the molecule is CCN(C)C=Nc1cc(C)c(C(=O)OCc2ccc(F)cc2)cc1Br. The van der Waals surface area contributed by atoms with Crippen LogP contribution in [0.4, 0.5) is 10.1 Å². The standard InChI is InChI=1S/C19H20BrFN2O2/c1-4-23(3)12-22-18-9-13(2)16(10-17(18)20)19(24)25-11-14-5-7-15(21)8-6-14/h5-10,12H,4,11H2,1-3H3. The summed E-state index contributed by atoms with van der Waals surface area (Å²) in [6.07, 6.45) is 1.74. The minimum absolute atomic E-state index is 0.0946. The van der Waals surface area contributed by atoms with Gasteiger partial charge in [-0.1, -0.05) is 12.1 Å². The molecule has 0 radical (unpaired) electrons. The third-order valence-electron chi connectivity index (χ3n) is 3.69. The van der Waals surface area contributed by atoms with Crippen molar-refractivity contribution in [2.24, 2.45) is 4.99 Å². The van der Waals surface area contributed by atoms with Crippen LogP contribution in [0.1, 0.15) is 28.4 Å². The number of carbonyl (C=O) groups excluding carboxylic acids is 1. The van der Waals surface area contributed by atoms with Crippen LogP contribution in [0.5, 0.6) is 0 Å². The summed E-state index contributed by atoms with van der Waals surface area (Å²) in [7, 11) is 1.94. The van der Waals surface area contributed by atoms with E-state index in [0.717, 1.165) is 23.4 Å². The molecule has 0 unspecified atom stereocenters. The van der Waals surface area contributed by atoms with E-state index in [2.05, 4.69) is 20.9 Å². The van der Waals surface area contributed by atoms with Crippen molar-refractivity contribution in [3.8, 4) is 0 Å². The fraction of sp³-hybridized carbons (Fsp3) is 0.263. The number of nitrogens with zero attached hydrogens (tertiary/aromatic N) is 2. The van der Waals surface area contributed by atoms with Gasteiger partial charge in [0, 0.05) is 18.1 Å². The first kappa shape index (κ1) is 19.1. The molecule has 0 aliphatic rings. The van der Waals surface area contributed by atoms with Crippen LogP contribution in [-0.4, -0.2) is 30.8 Å². The Bertz CT molecular complexity index is 776. The number of carbonyl (C=O) groups is 1. The first-order valence-electron chi connectivity index (χ1n) is 7.87. The van der Waals surface area contributed by atoms with Gasteiger partial charge in [0.2, 0.25) is 0 Å². The molecule has 0 aromatic heterocycles. The van der Waals surface area contributed by atoms with Gasteiger partial charge in [-0.3, -0.25) is 0 Å². The molecule has 2 aromatic carbocycles. The van der Waals surface area contributed by atoms with Crippen LogP contribution in [-0.2, 0) is 11.3 Å². The molecule has 25 heavy (non-hydrogen) atoms. The average Bonchev–Trinajstić information content (AvgIpc) is 2.61. The number of hydrogen-bond donors (Lipinski definition) is 0. The summed E-state index contributed by atoms with van der Waals surface area (Å²) in [5.41, 5.74) is 2.72. The summed E-state index contributed by atoms with van der Waals surface area (Å²) in [5.74, 6) is -0.747. The van der Waals surface area contributed by atoms with E-state index in [0.29, 0.717) is 10.0 Å². The Kier molecular flexibility index (Phi) is 6.70. The highest BCUT2D eigenvalue weighted by molar-refractivity contribution is 9.10. The highest BCUT2D eigenvalue weighted by Gasteiger charge is 2.14. The zero-order valence-corrected chi connectivity index (χ0v) is 16.0. The number of ether oxygens (including phenoxy) is 1. The van der Waals surface area contributed by atoms with Crippen LogP contribution < -0.4 is 0 Å². The van der Waals surface area contributed by atoms with Crippen molar-refractivity contribution in [1.29, 1.82) is 0 Å². The fourth-order valence-corrected chi connectivity index (χ4v) is 2.48. The second-order valence-electron chi connectivity index (χ2n) is 5.64. The first-order chi connectivity index (χ1) is 11.9. The lowest BCUT2D eigenvalue weighted by Crippen LogP contribution is -2.14. The number of benzene rings is 2. The maximum atomic E-state index is 12.9. The molecule has 0 heterocycles. The average molecular weight is 407 g/mol. The molecule has 6 heteroatoms. The normalized spacial score (nSPS) is 10.9. The molecule has 0 spiro atoms. The van der Waals surface area contributed by atoms with Crippen molar-refractivity contribution in [2.45, 2.75) is 20.5 Å². The van der Waals surface area contributed by atoms with Crippen LogP contribution in [0.2, 0.25) is 0 Å². The molecule has 4 nitrogen and oxygen atoms in total. The van der Waals surface area contributed by atoms with Gasteiger partial charge in [-0.25, -0.2) is 14.2 Å². The molecule has 0 saturated carbocycles. The first-order valence-corrected chi connectivity index (χ1v) is 8.66. The Morgan fingerprint density at radius 1 is 1.32 bits per heavy atom. The van der Waals surface area contributed by atoms with E-state index in [4.69, 9.17) is 4.74 Å². The van der Waals surface area contributed by atoms with Gasteiger partial charge < -0.3 is 9.64 Å². The second-order valence-corrected chi connectivity index (χ2v) is 6.49. The maximum absolute atomic E-state index is 12.9. The van der Waals surface area contributed by atoms with E-state index in [1.165, 1.54) is 12.1 Å². The minimum Gasteiger partial charge on any atom is -0.457 e. The van der Waals surface area contributed by atoms with Gasteiger partial charge in [-0.05, 0) is 65.2 Å². The maximum Gasteiger partial charge on any atom is 0.338 e. The van der Waals surface area contributed by atoms with Crippen molar-refractivity contribution in [3.63, 3.8) is 0 Å². The summed E-state index contributed by atoms with van der Waals surface area (Å²) in [4.78, 5) is 18.7. The lowest BCUT2D eigenvalue weighted by molar-refractivity contribution is 0.0472. The van der Waals surface area contributed by atoms with Crippen molar-refractivity contribution >= 4 is 33.9 Å². The monoisotopic (exact) mass is 406 g/mol. The zero-order valence-electron chi connectivity index (χ0n) is 14.4. The summed E-state index contributed by atoms with van der Waals surface area (Å²) in [6.45, 7) is 4.82. The molecule has 0 saturated heterocycles. The molecule has 0 aliphatic heterocycles. The largest absolute Gasteiger partial charge is 0.457 e. The Morgan fingerprint density at radius 2 is 2.00 bits per heavy atom. The molecule has 0 aliphatic carbocycles. The molecule has 132 valence electrons. The van der Waals surface area contributed by atoms with Gasteiger partial charge in [-0.2, -0.15) is 0 Å². The van der Waals surface area contributed by atoms with Crippen molar-refractivity contribution < 1.29 is 13.9 Å². The van der Waals surface area contributed by atoms with E-state index >= 15 is 0 Å². The predicted octanol–water partition coefficient (Wildman–Crippen LogP) is 4.87. The van der Waals surface area contributed by atoms with Crippen LogP contribution in [0, 0.1) is 12.7 Å². The van der Waals surface area contributed by atoms with E-state index < -0.39 is 5.97 Å². The number of aryl methyl sites for hydroxylation is 1. The number of esters is 1. The zero-order chi connectivity index (χ0) is 18.4. The molecular formula is C19H20BrFN2O2. The number of rotatable bonds is 6. The second kappa shape index (κ2) is 8.76. The van der Waals surface area contributed by atoms with Gasteiger partial charge in [0.15, 0.2) is 0 Å². The molecule has 0 N–H and O–H groups in total. The van der Waals surface area contributed by atoms with Crippen LogP contribution in [0.15, 0.2) is 45.9 Å². The third kappa shape index (κ3) is 5.39. The van der Waals surface area contributed by atoms with Gasteiger partial charge >= 0.3 is 5.97 Å². The molecule has 0 amide bonds. The van der Waals surface area contributed by atoms with Crippen molar-refractivity contribution in [3.05, 3.63) is 63.4 Å². The molecule has 0 fully saturated rings. The van der Waals surface area contributed by atoms with Gasteiger partial charge in [0.05, 0.1) is 17.6 Å². The Morgan fingerprint density at radius 3 is 2.64 bits per heavy atom. The Hall–Kier alpha value is -2.21. The summed E-state index contributed by atoms with van der Waals surface area (Å²) in [5, 5.41) is 0. The minimum atomic E-state index is -0.427. The van der Waals surface area contributed by atoms with Crippen LogP contribution in [0.25, 0.3) is 0 Å². The van der Waals surface area contributed by atoms with Gasteiger partial charge in [0.25, 0.3) is 0 Å². The van der Waals surface area contributed by atoms with Crippen LogP contribution in [0.3, 0.4) is 0 Å². The van der Waals surface area contributed by atoms with Gasteiger partial charge in [0.1, 0.15) is 12.4 Å². The Balaban J connectivity index is 2.10. The van der Waals surface area contributed by atoms with Gasteiger partial charge in [-0.15, -0.1) is 0 Å². The van der Waals surface area contributed by atoms with E-state index in [9.17, 15) is 9.18 Å². The number of aliphatic imine (C=N–C) groups is 1. The quantitative estimate of drug-likeness (QED) is 0.390. The van der Waals surface area contributed by atoms with Crippen molar-refractivity contribution in [1.82, 2.24) is 4.90 Å². The smallest absolute Gasteiger partial charge is 0.338 e. The van der Waals surface area contributed by atoms with Crippen LogP contribution >= 0.6 is 15.9 Å². The topological polar surface area (TPSA) is 41.9 Å². The van der Waals surface area contributed by atoms with E-state index in [1.54, 1.807) is 24.5 Å². The highest BCUT2D eigenvalue weighted by atomic mass is 79.9. The predicted molar refractivity (Wildman–Crippen MR) is 101 cm³/mol. The molecule has 0 atom stereocenters. The lowest BCUT2D eigenvalue weighted by atomic mass is 10.1.